The van der Waals surface area contributed by atoms with Crippen molar-refractivity contribution in [2.75, 3.05) is 5.32 Å². The highest BCUT2D eigenvalue weighted by Crippen LogP contribution is 2.53. The minimum Gasteiger partial charge on any atom is -0.326 e. The van der Waals surface area contributed by atoms with Gasteiger partial charge in [-0.1, -0.05) is 12.2 Å². The SMILES string of the molecule is O=C(Nc1ccc(F)cc1)C1CCC(N2C(=O)[C@@H]3[C@H](C2=O)[C@H]2C=C[C@H]3C2)CC1. The third-order valence-corrected chi connectivity index (χ3v) is 7.05. The van der Waals surface area contributed by atoms with Crippen molar-refractivity contribution in [3.8, 4) is 0 Å². The first-order valence-electron chi connectivity index (χ1n) is 10.1. The molecule has 3 amide bonds. The molecule has 0 unspecified atom stereocenters. The fourth-order valence-corrected chi connectivity index (χ4v) is 5.66. The van der Waals surface area contributed by atoms with Gasteiger partial charge in [-0.25, -0.2) is 4.39 Å². The van der Waals surface area contributed by atoms with Crippen LogP contribution in [0.25, 0.3) is 0 Å². The van der Waals surface area contributed by atoms with E-state index in [0.717, 1.165) is 6.42 Å². The third kappa shape index (κ3) is 2.69. The number of likely N-dealkylation sites (tertiary alicyclic amines) is 1. The summed E-state index contributed by atoms with van der Waals surface area (Å²) in [5.41, 5.74) is 0.578. The molecule has 0 aromatic heterocycles. The highest BCUT2D eigenvalue weighted by Gasteiger charge is 2.60. The Kier molecular flexibility index (Phi) is 4.11. The molecule has 1 heterocycles. The second kappa shape index (κ2) is 6.54. The number of benzene rings is 1. The van der Waals surface area contributed by atoms with Crippen LogP contribution >= 0.6 is 0 Å². The maximum absolute atomic E-state index is 13.0. The van der Waals surface area contributed by atoms with Gasteiger partial charge in [0.1, 0.15) is 5.82 Å². The number of fused-ring (bicyclic) bond motifs is 5. The van der Waals surface area contributed by atoms with Gasteiger partial charge in [0.25, 0.3) is 0 Å². The lowest BCUT2D eigenvalue weighted by Crippen LogP contribution is -2.44. The summed E-state index contributed by atoms with van der Waals surface area (Å²) in [5, 5.41) is 2.83. The smallest absolute Gasteiger partial charge is 0.233 e. The predicted molar refractivity (Wildman–Crippen MR) is 100 cm³/mol. The Morgan fingerprint density at radius 1 is 0.929 bits per heavy atom. The van der Waals surface area contributed by atoms with Crippen molar-refractivity contribution >= 4 is 23.4 Å². The van der Waals surface area contributed by atoms with Gasteiger partial charge in [-0.15, -0.1) is 0 Å². The van der Waals surface area contributed by atoms with Crippen LogP contribution in [0, 0.1) is 35.4 Å². The Labute approximate surface area is 163 Å². The Morgan fingerprint density at radius 3 is 2.07 bits per heavy atom. The van der Waals surface area contributed by atoms with Crippen LogP contribution < -0.4 is 5.32 Å². The van der Waals surface area contributed by atoms with E-state index in [1.807, 2.05) is 0 Å². The molecule has 6 heteroatoms. The zero-order valence-corrected chi connectivity index (χ0v) is 15.5. The molecule has 1 saturated heterocycles. The summed E-state index contributed by atoms with van der Waals surface area (Å²) in [6.07, 6.45) is 7.79. The Hall–Kier alpha value is -2.50. The number of halogens is 1. The molecule has 146 valence electrons. The van der Waals surface area contributed by atoms with Gasteiger partial charge in [0.15, 0.2) is 0 Å². The monoisotopic (exact) mass is 382 g/mol. The molecule has 4 atom stereocenters. The molecule has 1 N–H and O–H groups in total. The number of carbonyl (C=O) groups excluding carboxylic acids is 3. The molecule has 28 heavy (non-hydrogen) atoms. The van der Waals surface area contributed by atoms with Gasteiger partial charge < -0.3 is 5.32 Å². The van der Waals surface area contributed by atoms with Crippen molar-refractivity contribution in [2.24, 2.45) is 29.6 Å². The van der Waals surface area contributed by atoms with E-state index < -0.39 is 0 Å². The molecule has 0 spiro atoms. The quantitative estimate of drug-likeness (QED) is 0.645. The minimum atomic E-state index is -0.341. The van der Waals surface area contributed by atoms with Gasteiger partial charge in [0.05, 0.1) is 11.8 Å². The van der Waals surface area contributed by atoms with Crippen LogP contribution in [0.5, 0.6) is 0 Å². The van der Waals surface area contributed by atoms with E-state index in [0.29, 0.717) is 31.4 Å². The summed E-state index contributed by atoms with van der Waals surface area (Å²) in [6.45, 7) is 0. The second-order valence-corrected chi connectivity index (χ2v) is 8.55. The summed E-state index contributed by atoms with van der Waals surface area (Å²) in [4.78, 5) is 39.9. The molecule has 0 radical (unpaired) electrons. The van der Waals surface area contributed by atoms with Crippen LogP contribution in [0.2, 0.25) is 0 Å². The number of rotatable bonds is 3. The molecular formula is C22H23FN2O3. The molecule has 4 aliphatic rings. The van der Waals surface area contributed by atoms with Crippen LogP contribution in [0.4, 0.5) is 10.1 Å². The molecule has 5 rings (SSSR count). The van der Waals surface area contributed by atoms with E-state index in [9.17, 15) is 18.8 Å². The number of allylic oxidation sites excluding steroid dienone is 2. The standard InChI is InChI=1S/C22H23FN2O3/c23-15-5-7-16(8-6-15)24-20(26)12-3-9-17(10-4-12)25-21(27)18-13-1-2-14(11-13)19(18)22(25)28/h1-2,5-8,12-14,17-19H,3-4,9-11H2,(H,24,26)/t12?,13-,14-,17?,18-,19+/m0/s1. The molecule has 3 fully saturated rings. The topological polar surface area (TPSA) is 66.5 Å². The van der Waals surface area contributed by atoms with Crippen LogP contribution in [0.3, 0.4) is 0 Å². The number of hydrogen-bond donors (Lipinski definition) is 1. The summed E-state index contributed by atoms with van der Waals surface area (Å²) in [6, 6.07) is 5.63. The number of nitrogens with one attached hydrogen (secondary N) is 1. The average Bonchev–Trinajstić information content (AvgIpc) is 3.38. The van der Waals surface area contributed by atoms with Crippen molar-refractivity contribution in [3.63, 3.8) is 0 Å². The maximum atomic E-state index is 13.0. The largest absolute Gasteiger partial charge is 0.326 e. The average molecular weight is 382 g/mol. The van der Waals surface area contributed by atoms with Gasteiger partial charge in [0.2, 0.25) is 17.7 Å². The molecule has 1 aliphatic heterocycles. The van der Waals surface area contributed by atoms with Crippen molar-refractivity contribution in [3.05, 3.63) is 42.2 Å². The molecule has 3 aliphatic carbocycles. The highest BCUT2D eigenvalue weighted by molar-refractivity contribution is 6.06. The zero-order valence-electron chi connectivity index (χ0n) is 15.5. The van der Waals surface area contributed by atoms with E-state index in [1.54, 1.807) is 12.1 Å². The molecule has 2 bridgehead atoms. The first-order chi connectivity index (χ1) is 13.5. The van der Waals surface area contributed by atoms with Crippen LogP contribution in [-0.4, -0.2) is 28.7 Å². The highest BCUT2D eigenvalue weighted by atomic mass is 19.1. The number of amides is 3. The summed E-state index contributed by atoms with van der Waals surface area (Å²) in [5.74, 6) is -0.397. The number of carbonyl (C=O) groups is 3. The maximum Gasteiger partial charge on any atom is 0.233 e. The minimum absolute atomic E-state index is 0.00561. The van der Waals surface area contributed by atoms with E-state index in [4.69, 9.17) is 0 Å². The molecule has 2 saturated carbocycles. The Balaban J connectivity index is 1.21. The molecular weight excluding hydrogens is 359 g/mol. The molecule has 1 aromatic carbocycles. The fourth-order valence-electron chi connectivity index (χ4n) is 5.66. The van der Waals surface area contributed by atoms with E-state index in [1.165, 1.54) is 17.0 Å². The van der Waals surface area contributed by atoms with E-state index in [-0.39, 0.29) is 59.2 Å². The van der Waals surface area contributed by atoms with Gasteiger partial charge in [-0.05, 0) is 68.2 Å². The van der Waals surface area contributed by atoms with Gasteiger partial charge in [0, 0.05) is 17.6 Å². The first-order valence-corrected chi connectivity index (χ1v) is 10.1. The summed E-state index contributed by atoms with van der Waals surface area (Å²) < 4.78 is 13.0. The van der Waals surface area contributed by atoms with Crippen LogP contribution in [0.15, 0.2) is 36.4 Å². The van der Waals surface area contributed by atoms with Gasteiger partial charge >= 0.3 is 0 Å². The number of imide groups is 1. The lowest BCUT2D eigenvalue weighted by Gasteiger charge is -2.33. The Morgan fingerprint density at radius 2 is 1.50 bits per heavy atom. The lowest BCUT2D eigenvalue weighted by molar-refractivity contribution is -0.144. The van der Waals surface area contributed by atoms with Crippen LogP contribution in [0.1, 0.15) is 32.1 Å². The van der Waals surface area contributed by atoms with E-state index >= 15 is 0 Å². The van der Waals surface area contributed by atoms with Crippen molar-refractivity contribution < 1.29 is 18.8 Å². The third-order valence-electron chi connectivity index (χ3n) is 7.05. The number of anilines is 1. The normalized spacial score (nSPS) is 36.1. The summed E-state index contributed by atoms with van der Waals surface area (Å²) in [7, 11) is 0. The lowest BCUT2D eigenvalue weighted by atomic mass is 9.84. The fraction of sp³-hybridized carbons (Fsp3) is 0.500. The molecule has 1 aromatic rings. The second-order valence-electron chi connectivity index (χ2n) is 8.55. The zero-order chi connectivity index (χ0) is 19.4. The summed E-state index contributed by atoms with van der Waals surface area (Å²) >= 11 is 0. The Bertz CT molecular complexity index is 827. The van der Waals surface area contributed by atoms with Gasteiger partial charge in [-0.3, -0.25) is 19.3 Å². The predicted octanol–water partition coefficient (Wildman–Crippen LogP) is 3.13. The van der Waals surface area contributed by atoms with Crippen molar-refractivity contribution in [1.82, 2.24) is 4.90 Å². The first kappa shape index (κ1) is 17.6. The van der Waals surface area contributed by atoms with Crippen LogP contribution in [-0.2, 0) is 14.4 Å². The molecule has 5 nitrogen and oxygen atoms in total. The number of nitrogens with zero attached hydrogens (tertiary/aromatic N) is 1. The van der Waals surface area contributed by atoms with Crippen molar-refractivity contribution in [2.45, 2.75) is 38.1 Å². The van der Waals surface area contributed by atoms with Crippen molar-refractivity contribution in [1.29, 1.82) is 0 Å². The number of hydrogen-bond acceptors (Lipinski definition) is 3. The van der Waals surface area contributed by atoms with E-state index in [2.05, 4.69) is 17.5 Å². The van der Waals surface area contributed by atoms with Gasteiger partial charge in [-0.2, -0.15) is 0 Å².